The Bertz CT molecular complexity index is 1080. The molecule has 0 bridgehead atoms. The van der Waals surface area contributed by atoms with Gasteiger partial charge in [0.1, 0.15) is 0 Å². The van der Waals surface area contributed by atoms with Gasteiger partial charge in [-0.2, -0.15) is 5.10 Å². The number of halogens is 1. The van der Waals surface area contributed by atoms with Gasteiger partial charge in [-0.15, -0.1) is 0 Å². The van der Waals surface area contributed by atoms with Crippen molar-refractivity contribution >= 4 is 34.7 Å². The van der Waals surface area contributed by atoms with Crippen LogP contribution in [0.1, 0.15) is 35.2 Å². The fourth-order valence-electron chi connectivity index (χ4n) is 3.88. The maximum absolute atomic E-state index is 13.4. The van der Waals surface area contributed by atoms with Gasteiger partial charge < -0.3 is 0 Å². The number of para-hydroxylation sites is 1. The first-order valence-corrected chi connectivity index (χ1v) is 10.2. The SMILES string of the molecule is CC1=NN(c2ccccc2)C(=O)C1C(CC(=O)c1ccccc1)c1ccc(Cl)cc1. The van der Waals surface area contributed by atoms with Crippen LogP contribution in [-0.2, 0) is 4.79 Å². The Morgan fingerprint density at radius 2 is 1.57 bits per heavy atom. The van der Waals surface area contributed by atoms with Crippen molar-refractivity contribution in [3.05, 3.63) is 101 Å². The molecule has 0 aliphatic carbocycles. The van der Waals surface area contributed by atoms with Gasteiger partial charge in [-0.05, 0) is 36.8 Å². The van der Waals surface area contributed by atoms with Gasteiger partial charge in [-0.3, -0.25) is 9.59 Å². The summed E-state index contributed by atoms with van der Waals surface area (Å²) in [5, 5.41) is 6.58. The number of amides is 1. The van der Waals surface area contributed by atoms with Crippen molar-refractivity contribution in [1.29, 1.82) is 0 Å². The van der Waals surface area contributed by atoms with Crippen molar-refractivity contribution in [3.63, 3.8) is 0 Å². The van der Waals surface area contributed by atoms with E-state index in [1.54, 1.807) is 24.3 Å². The molecule has 30 heavy (non-hydrogen) atoms. The fourth-order valence-corrected chi connectivity index (χ4v) is 4.00. The molecule has 1 aliphatic heterocycles. The van der Waals surface area contributed by atoms with Crippen LogP contribution in [0.25, 0.3) is 0 Å². The number of carbonyl (C=O) groups excluding carboxylic acids is 2. The predicted molar refractivity (Wildman–Crippen MR) is 120 cm³/mol. The monoisotopic (exact) mass is 416 g/mol. The maximum Gasteiger partial charge on any atom is 0.256 e. The highest BCUT2D eigenvalue weighted by Gasteiger charge is 2.41. The van der Waals surface area contributed by atoms with E-state index in [4.69, 9.17) is 11.6 Å². The van der Waals surface area contributed by atoms with E-state index >= 15 is 0 Å². The van der Waals surface area contributed by atoms with Gasteiger partial charge in [-0.25, -0.2) is 5.01 Å². The van der Waals surface area contributed by atoms with Crippen molar-refractivity contribution in [2.24, 2.45) is 11.0 Å². The molecule has 0 saturated carbocycles. The lowest BCUT2D eigenvalue weighted by Crippen LogP contribution is -2.32. The number of hydrogen-bond donors (Lipinski definition) is 0. The molecule has 0 radical (unpaired) electrons. The number of rotatable bonds is 6. The number of nitrogens with zero attached hydrogens (tertiary/aromatic N) is 2. The van der Waals surface area contributed by atoms with E-state index in [2.05, 4.69) is 5.10 Å². The van der Waals surface area contributed by atoms with E-state index in [-0.39, 0.29) is 24.0 Å². The van der Waals surface area contributed by atoms with Gasteiger partial charge in [0, 0.05) is 28.6 Å². The summed E-state index contributed by atoms with van der Waals surface area (Å²) in [5.41, 5.74) is 2.95. The molecule has 0 N–H and O–H groups in total. The molecule has 3 aromatic carbocycles. The predicted octanol–water partition coefficient (Wildman–Crippen LogP) is 5.74. The van der Waals surface area contributed by atoms with Crippen LogP contribution in [0.5, 0.6) is 0 Å². The van der Waals surface area contributed by atoms with Crippen molar-refractivity contribution in [2.45, 2.75) is 19.3 Å². The highest BCUT2D eigenvalue weighted by molar-refractivity contribution is 6.30. The minimum atomic E-state index is -0.515. The molecule has 3 aromatic rings. The summed E-state index contributed by atoms with van der Waals surface area (Å²) < 4.78 is 0. The highest BCUT2D eigenvalue weighted by Crippen LogP contribution is 2.37. The molecule has 1 amide bonds. The van der Waals surface area contributed by atoms with Crippen LogP contribution in [0.15, 0.2) is 90.0 Å². The second-order valence-electron chi connectivity index (χ2n) is 7.36. The summed E-state index contributed by atoms with van der Waals surface area (Å²) in [4.78, 5) is 26.4. The first-order chi connectivity index (χ1) is 14.5. The van der Waals surface area contributed by atoms with Crippen LogP contribution in [0.4, 0.5) is 5.69 Å². The molecule has 0 aromatic heterocycles. The van der Waals surface area contributed by atoms with Gasteiger partial charge in [0.15, 0.2) is 5.78 Å². The highest BCUT2D eigenvalue weighted by atomic mass is 35.5. The molecule has 4 nitrogen and oxygen atoms in total. The Morgan fingerprint density at radius 3 is 2.20 bits per heavy atom. The number of carbonyl (C=O) groups is 2. The number of hydrogen-bond acceptors (Lipinski definition) is 3. The van der Waals surface area contributed by atoms with E-state index in [1.165, 1.54) is 5.01 Å². The second kappa shape index (κ2) is 8.64. The Hall–Kier alpha value is -3.24. The van der Waals surface area contributed by atoms with Gasteiger partial charge in [0.25, 0.3) is 5.91 Å². The number of Topliss-reactive ketones (excluding diaryl/α,β-unsaturated/α-hetero) is 1. The summed E-state index contributed by atoms with van der Waals surface area (Å²) in [7, 11) is 0. The normalized spacial score (nSPS) is 17.0. The number of benzene rings is 3. The molecule has 2 atom stereocenters. The van der Waals surface area contributed by atoms with Crippen LogP contribution >= 0.6 is 11.6 Å². The van der Waals surface area contributed by atoms with E-state index < -0.39 is 5.92 Å². The maximum atomic E-state index is 13.4. The van der Waals surface area contributed by atoms with Crippen LogP contribution in [0.2, 0.25) is 5.02 Å². The van der Waals surface area contributed by atoms with E-state index in [0.717, 1.165) is 5.56 Å². The van der Waals surface area contributed by atoms with Crippen LogP contribution in [-0.4, -0.2) is 17.4 Å². The van der Waals surface area contributed by atoms with Crippen LogP contribution < -0.4 is 5.01 Å². The van der Waals surface area contributed by atoms with Gasteiger partial charge in [-0.1, -0.05) is 72.3 Å². The molecular weight excluding hydrogens is 396 g/mol. The van der Waals surface area contributed by atoms with Crippen LogP contribution in [0.3, 0.4) is 0 Å². The average molecular weight is 417 g/mol. The van der Waals surface area contributed by atoms with Crippen molar-refractivity contribution < 1.29 is 9.59 Å². The molecule has 2 unspecified atom stereocenters. The average Bonchev–Trinajstić information content (AvgIpc) is 3.08. The molecule has 1 heterocycles. The molecule has 0 spiro atoms. The zero-order valence-electron chi connectivity index (χ0n) is 16.5. The fraction of sp³-hybridized carbons (Fsp3) is 0.160. The molecule has 1 aliphatic rings. The van der Waals surface area contributed by atoms with Gasteiger partial charge in [0.2, 0.25) is 0 Å². The third kappa shape index (κ3) is 4.05. The quantitative estimate of drug-likeness (QED) is 0.481. The minimum Gasteiger partial charge on any atom is -0.294 e. The number of anilines is 1. The third-order valence-corrected chi connectivity index (χ3v) is 5.64. The Labute approximate surface area is 180 Å². The van der Waals surface area contributed by atoms with Crippen molar-refractivity contribution in [2.75, 3.05) is 5.01 Å². The van der Waals surface area contributed by atoms with Gasteiger partial charge >= 0.3 is 0 Å². The Balaban J connectivity index is 1.69. The lowest BCUT2D eigenvalue weighted by Gasteiger charge is -2.23. The smallest absolute Gasteiger partial charge is 0.256 e. The summed E-state index contributed by atoms with van der Waals surface area (Å²) >= 11 is 6.07. The number of hydrazone groups is 1. The largest absolute Gasteiger partial charge is 0.294 e. The third-order valence-electron chi connectivity index (χ3n) is 5.38. The lowest BCUT2D eigenvalue weighted by atomic mass is 9.79. The Morgan fingerprint density at radius 1 is 0.967 bits per heavy atom. The molecular formula is C25H21ClN2O2. The first kappa shape index (κ1) is 20.0. The molecule has 0 saturated heterocycles. The zero-order chi connectivity index (χ0) is 21.1. The van der Waals surface area contributed by atoms with Crippen LogP contribution in [0, 0.1) is 5.92 Å². The molecule has 150 valence electrons. The second-order valence-corrected chi connectivity index (χ2v) is 7.79. The summed E-state index contributed by atoms with van der Waals surface area (Å²) in [5.74, 6) is -0.979. The van der Waals surface area contributed by atoms with Crippen molar-refractivity contribution in [3.8, 4) is 0 Å². The van der Waals surface area contributed by atoms with E-state index in [0.29, 0.717) is 22.0 Å². The summed E-state index contributed by atoms with van der Waals surface area (Å²) in [6.45, 7) is 1.85. The lowest BCUT2D eigenvalue weighted by molar-refractivity contribution is -0.120. The minimum absolute atomic E-state index is 0.00527. The summed E-state index contributed by atoms with van der Waals surface area (Å²) in [6, 6.07) is 25.9. The molecule has 0 fully saturated rings. The first-order valence-electron chi connectivity index (χ1n) is 9.82. The standard InChI is InChI=1S/C25H21ClN2O2/c1-17-24(25(30)28(27-17)21-10-6-3-7-11-21)22(18-12-14-20(26)15-13-18)16-23(29)19-8-4-2-5-9-19/h2-15,22,24H,16H2,1H3. The van der Waals surface area contributed by atoms with Gasteiger partial charge in [0.05, 0.1) is 11.6 Å². The topological polar surface area (TPSA) is 49.7 Å². The Kier molecular flexibility index (Phi) is 5.77. The van der Waals surface area contributed by atoms with E-state index in [1.807, 2.05) is 67.6 Å². The molecule has 4 rings (SSSR count). The molecule has 5 heteroatoms. The summed E-state index contributed by atoms with van der Waals surface area (Å²) in [6.07, 6.45) is 0.206. The van der Waals surface area contributed by atoms with Crippen molar-refractivity contribution in [1.82, 2.24) is 0 Å². The van der Waals surface area contributed by atoms with E-state index in [9.17, 15) is 9.59 Å². The zero-order valence-corrected chi connectivity index (χ0v) is 17.3. The number of ketones is 1.